The normalized spacial score (nSPS) is 23.6. The van der Waals surface area contributed by atoms with E-state index in [0.29, 0.717) is 17.6 Å². The van der Waals surface area contributed by atoms with Crippen LogP contribution in [0.4, 0.5) is 0 Å². The van der Waals surface area contributed by atoms with Gasteiger partial charge in [-0.2, -0.15) is 0 Å². The molecule has 0 aliphatic carbocycles. The number of nitrogens with zero attached hydrogens (tertiary/aromatic N) is 4. The van der Waals surface area contributed by atoms with Crippen molar-refractivity contribution in [2.75, 3.05) is 0 Å². The monoisotopic (exact) mass is 379 g/mol. The Hall–Kier alpha value is -2.51. The third-order valence-electron chi connectivity index (χ3n) is 5.38. The summed E-state index contributed by atoms with van der Waals surface area (Å²) in [5, 5.41) is 24.5. The van der Waals surface area contributed by atoms with Gasteiger partial charge >= 0.3 is 0 Å². The zero-order chi connectivity index (χ0) is 18.2. The molecule has 2 aliphatic heterocycles. The van der Waals surface area contributed by atoms with Gasteiger partial charge in [0, 0.05) is 30.5 Å². The Bertz CT molecular complexity index is 964. The van der Waals surface area contributed by atoms with Crippen LogP contribution in [0.2, 0.25) is 0 Å². The molecule has 4 heterocycles. The molecule has 3 aromatic rings. The van der Waals surface area contributed by atoms with Crippen LogP contribution in [0, 0.1) is 0 Å². The van der Waals surface area contributed by atoms with Crippen LogP contribution in [0.25, 0.3) is 22.3 Å². The second-order valence-electron chi connectivity index (χ2n) is 7.32. The number of imidazole rings is 1. The van der Waals surface area contributed by atoms with Gasteiger partial charge < -0.3 is 15.0 Å². The van der Waals surface area contributed by atoms with Crippen LogP contribution in [-0.4, -0.2) is 36.9 Å². The van der Waals surface area contributed by atoms with E-state index in [0.717, 1.165) is 28.5 Å². The van der Waals surface area contributed by atoms with Crippen molar-refractivity contribution >= 4 is 17.4 Å². The first-order valence-electron chi connectivity index (χ1n) is 9.35. The molecule has 2 aliphatic rings. The van der Waals surface area contributed by atoms with E-state index < -0.39 is 0 Å². The molecular weight excluding hydrogens is 358 g/mol. The minimum atomic E-state index is 0.202. The molecule has 138 valence electrons. The molecule has 0 saturated carbocycles. The number of phenolic OH excluding ortho intramolecular Hbond substituents is 1. The molecule has 2 fully saturated rings. The average molecular weight is 379 g/mol. The van der Waals surface area contributed by atoms with Crippen LogP contribution < -0.4 is 5.32 Å². The van der Waals surface area contributed by atoms with Gasteiger partial charge in [-0.15, -0.1) is 10.2 Å². The Morgan fingerprint density at radius 1 is 1.19 bits per heavy atom. The third kappa shape index (κ3) is 3.40. The van der Waals surface area contributed by atoms with Crippen molar-refractivity contribution in [2.24, 2.45) is 0 Å². The van der Waals surface area contributed by atoms with E-state index in [1.165, 1.54) is 36.2 Å². The number of phenols is 1. The van der Waals surface area contributed by atoms with Gasteiger partial charge in [-0.1, -0.05) is 23.3 Å². The van der Waals surface area contributed by atoms with Gasteiger partial charge in [0.25, 0.3) is 0 Å². The molecule has 0 amide bonds. The largest absolute Gasteiger partial charge is 0.507 e. The molecule has 6 nitrogen and oxygen atoms in total. The molecular formula is C20H21N5OS. The van der Waals surface area contributed by atoms with E-state index in [4.69, 9.17) is 0 Å². The fraction of sp³-hybridized carbons (Fsp3) is 0.350. The summed E-state index contributed by atoms with van der Waals surface area (Å²) < 4.78 is 1.85. The average Bonchev–Trinajstić information content (AvgIpc) is 3.33. The topological polar surface area (TPSA) is 75.9 Å². The number of benzene rings is 1. The van der Waals surface area contributed by atoms with Crippen molar-refractivity contribution in [3.05, 3.63) is 47.5 Å². The molecule has 27 heavy (non-hydrogen) atoms. The second kappa shape index (κ2) is 6.90. The zero-order valence-electron chi connectivity index (χ0n) is 14.9. The lowest BCUT2D eigenvalue weighted by molar-refractivity contribution is 0.283. The zero-order valence-corrected chi connectivity index (χ0v) is 15.7. The van der Waals surface area contributed by atoms with E-state index >= 15 is 0 Å². The summed E-state index contributed by atoms with van der Waals surface area (Å²) in [5.74, 6) is 0.202. The van der Waals surface area contributed by atoms with Crippen molar-refractivity contribution in [3.63, 3.8) is 0 Å². The number of fused-ring (bicyclic) bond motifs is 2. The molecule has 0 spiro atoms. The SMILES string of the molecule is Oc1cc(-n2ccnc2)ccc1-c1nnc(C=C2C[C@H]3CCC[C@@H](C2)N3)s1. The molecule has 2 bridgehead atoms. The first kappa shape index (κ1) is 16.6. The van der Waals surface area contributed by atoms with Crippen molar-refractivity contribution in [1.82, 2.24) is 25.1 Å². The summed E-state index contributed by atoms with van der Waals surface area (Å²) in [5.41, 5.74) is 3.04. The van der Waals surface area contributed by atoms with Crippen LogP contribution in [0.15, 0.2) is 42.5 Å². The van der Waals surface area contributed by atoms with Crippen LogP contribution >= 0.6 is 11.3 Å². The lowest BCUT2D eigenvalue weighted by Gasteiger charge is -2.37. The van der Waals surface area contributed by atoms with E-state index in [-0.39, 0.29) is 5.75 Å². The maximum Gasteiger partial charge on any atom is 0.151 e. The summed E-state index contributed by atoms with van der Waals surface area (Å²) in [7, 11) is 0. The van der Waals surface area contributed by atoms with Crippen LogP contribution in [-0.2, 0) is 0 Å². The van der Waals surface area contributed by atoms with Crippen LogP contribution in [0.1, 0.15) is 37.1 Å². The lowest BCUT2D eigenvalue weighted by atomic mass is 9.84. The summed E-state index contributed by atoms with van der Waals surface area (Å²) in [6.45, 7) is 0. The fourth-order valence-electron chi connectivity index (χ4n) is 4.12. The Morgan fingerprint density at radius 3 is 2.78 bits per heavy atom. The minimum Gasteiger partial charge on any atom is -0.507 e. The third-order valence-corrected chi connectivity index (χ3v) is 6.28. The highest BCUT2D eigenvalue weighted by molar-refractivity contribution is 7.15. The van der Waals surface area contributed by atoms with Crippen molar-refractivity contribution in [1.29, 1.82) is 0 Å². The van der Waals surface area contributed by atoms with Gasteiger partial charge in [-0.05, 0) is 43.9 Å². The molecule has 2 atom stereocenters. The van der Waals surface area contributed by atoms with Gasteiger partial charge in [0.2, 0.25) is 0 Å². The second-order valence-corrected chi connectivity index (χ2v) is 8.33. The number of rotatable bonds is 3. The van der Waals surface area contributed by atoms with E-state index in [2.05, 4.69) is 26.6 Å². The van der Waals surface area contributed by atoms with Gasteiger partial charge in [0.05, 0.1) is 17.6 Å². The van der Waals surface area contributed by atoms with Crippen molar-refractivity contribution < 1.29 is 5.11 Å². The molecule has 7 heteroatoms. The number of hydrogen-bond donors (Lipinski definition) is 2. The first-order chi connectivity index (χ1) is 13.2. The maximum absolute atomic E-state index is 10.5. The Kier molecular flexibility index (Phi) is 4.26. The highest BCUT2D eigenvalue weighted by atomic mass is 32.1. The molecule has 2 N–H and O–H groups in total. The number of hydrogen-bond acceptors (Lipinski definition) is 6. The summed E-state index contributed by atoms with van der Waals surface area (Å²) >= 11 is 1.53. The molecule has 5 rings (SSSR count). The summed E-state index contributed by atoms with van der Waals surface area (Å²) in [6.07, 6.45) is 13.6. The predicted molar refractivity (Wildman–Crippen MR) is 106 cm³/mol. The standard InChI is InChI=1S/C20H21N5OS/c26-18-11-16(25-7-6-21-12-25)4-5-17(18)20-24-23-19(27-20)10-13-8-14-2-1-3-15(9-13)22-14/h4-7,10-12,14-15,22,26H,1-3,8-9H2/t14-,15+. The van der Waals surface area contributed by atoms with Gasteiger partial charge in [0.15, 0.2) is 5.01 Å². The number of aromatic hydroxyl groups is 1. The van der Waals surface area contributed by atoms with Gasteiger partial charge in [-0.25, -0.2) is 4.98 Å². The van der Waals surface area contributed by atoms with E-state index in [1.807, 2.05) is 22.9 Å². The molecule has 0 unspecified atom stereocenters. The van der Waals surface area contributed by atoms with Crippen LogP contribution in [0.3, 0.4) is 0 Å². The molecule has 2 aromatic heterocycles. The smallest absolute Gasteiger partial charge is 0.151 e. The summed E-state index contributed by atoms with van der Waals surface area (Å²) in [6, 6.07) is 6.80. The van der Waals surface area contributed by atoms with Crippen molar-refractivity contribution in [3.8, 4) is 22.0 Å². The highest BCUT2D eigenvalue weighted by Crippen LogP contribution is 2.35. The van der Waals surface area contributed by atoms with E-state index in [9.17, 15) is 5.11 Å². The van der Waals surface area contributed by atoms with Crippen molar-refractivity contribution in [2.45, 2.75) is 44.2 Å². The van der Waals surface area contributed by atoms with Gasteiger partial charge in [0.1, 0.15) is 10.8 Å². The van der Waals surface area contributed by atoms with E-state index in [1.54, 1.807) is 18.6 Å². The minimum absolute atomic E-state index is 0.202. The molecule has 0 radical (unpaired) electrons. The molecule has 2 saturated heterocycles. The Morgan fingerprint density at radius 2 is 2.04 bits per heavy atom. The highest BCUT2D eigenvalue weighted by Gasteiger charge is 2.27. The van der Waals surface area contributed by atoms with Crippen LogP contribution in [0.5, 0.6) is 5.75 Å². The number of piperidine rings is 2. The Labute approximate surface area is 161 Å². The number of aromatic nitrogens is 4. The maximum atomic E-state index is 10.5. The fourth-order valence-corrected chi connectivity index (χ4v) is 4.99. The summed E-state index contributed by atoms with van der Waals surface area (Å²) in [4.78, 5) is 4.04. The number of nitrogens with one attached hydrogen (secondary N) is 1. The lowest BCUT2D eigenvalue weighted by Crippen LogP contribution is -2.46. The Balaban J connectivity index is 1.38. The van der Waals surface area contributed by atoms with Gasteiger partial charge in [-0.3, -0.25) is 0 Å². The molecule has 1 aromatic carbocycles. The predicted octanol–water partition coefficient (Wildman–Crippen LogP) is 3.78. The first-order valence-corrected chi connectivity index (χ1v) is 10.2. The quantitative estimate of drug-likeness (QED) is 0.724.